The number of anilines is 2. The van der Waals surface area contributed by atoms with Crippen molar-refractivity contribution in [2.24, 2.45) is 0 Å². The highest BCUT2D eigenvalue weighted by Crippen LogP contribution is 2.26. The van der Waals surface area contributed by atoms with Gasteiger partial charge in [0.2, 0.25) is 5.91 Å². The molecule has 0 radical (unpaired) electrons. The maximum Gasteiger partial charge on any atom is 0.224 e. The van der Waals surface area contributed by atoms with Crippen LogP contribution in [-0.2, 0) is 11.3 Å². The number of amides is 1. The molecule has 21 heavy (non-hydrogen) atoms. The second-order valence-corrected chi connectivity index (χ2v) is 4.83. The molecule has 1 heterocycles. The number of benzene rings is 1. The van der Waals surface area contributed by atoms with E-state index in [0.717, 1.165) is 18.7 Å². The first-order valence-corrected chi connectivity index (χ1v) is 6.82. The maximum absolute atomic E-state index is 11.9. The number of nitrogens with one attached hydrogen (secondary N) is 1. The Labute approximate surface area is 123 Å². The molecule has 0 spiro atoms. The highest BCUT2D eigenvalue weighted by atomic mass is 16.5. The summed E-state index contributed by atoms with van der Waals surface area (Å²) in [7, 11) is 1.55. The summed E-state index contributed by atoms with van der Waals surface area (Å²) in [6, 6.07) is 7.09. The van der Waals surface area contributed by atoms with Gasteiger partial charge < -0.3 is 15.8 Å². The van der Waals surface area contributed by atoms with E-state index in [1.807, 2.05) is 23.9 Å². The van der Waals surface area contributed by atoms with Gasteiger partial charge in [0.25, 0.3) is 0 Å². The van der Waals surface area contributed by atoms with Crippen LogP contribution in [0.4, 0.5) is 11.4 Å². The van der Waals surface area contributed by atoms with Crippen molar-refractivity contribution in [3.8, 4) is 5.75 Å². The zero-order chi connectivity index (χ0) is 15.2. The number of aryl methyl sites for hydroxylation is 2. The van der Waals surface area contributed by atoms with Gasteiger partial charge in [-0.25, -0.2) is 0 Å². The molecule has 1 amide bonds. The van der Waals surface area contributed by atoms with E-state index in [4.69, 9.17) is 10.5 Å². The molecule has 0 unspecified atom stereocenters. The van der Waals surface area contributed by atoms with Gasteiger partial charge in [-0.3, -0.25) is 9.48 Å². The van der Waals surface area contributed by atoms with Crippen LogP contribution < -0.4 is 15.8 Å². The first-order chi connectivity index (χ1) is 10.1. The van der Waals surface area contributed by atoms with Gasteiger partial charge in [-0.2, -0.15) is 5.10 Å². The molecule has 6 heteroatoms. The number of nitrogens with zero attached hydrogens (tertiary/aromatic N) is 2. The minimum absolute atomic E-state index is 0.0538. The molecule has 0 fully saturated rings. The second kappa shape index (κ2) is 6.78. The first kappa shape index (κ1) is 14.9. The zero-order valence-corrected chi connectivity index (χ0v) is 12.3. The summed E-state index contributed by atoms with van der Waals surface area (Å²) >= 11 is 0. The second-order valence-electron chi connectivity index (χ2n) is 4.83. The van der Waals surface area contributed by atoms with Crippen LogP contribution in [0.3, 0.4) is 0 Å². The fourth-order valence-corrected chi connectivity index (χ4v) is 2.01. The Morgan fingerprint density at radius 1 is 1.43 bits per heavy atom. The van der Waals surface area contributed by atoms with Gasteiger partial charge in [-0.05, 0) is 31.5 Å². The van der Waals surface area contributed by atoms with Crippen molar-refractivity contribution in [1.82, 2.24) is 9.78 Å². The van der Waals surface area contributed by atoms with Gasteiger partial charge in [-0.1, -0.05) is 0 Å². The fraction of sp³-hybridized carbons (Fsp3) is 0.333. The van der Waals surface area contributed by atoms with Crippen LogP contribution in [0.2, 0.25) is 0 Å². The number of rotatable bonds is 6. The van der Waals surface area contributed by atoms with Gasteiger partial charge in [0.15, 0.2) is 0 Å². The third kappa shape index (κ3) is 4.24. The third-order valence-corrected chi connectivity index (χ3v) is 3.06. The number of aromatic nitrogens is 2. The average Bonchev–Trinajstić information content (AvgIpc) is 2.86. The number of methoxy groups -OCH3 is 1. The molecular weight excluding hydrogens is 268 g/mol. The molecule has 0 saturated heterocycles. The SMILES string of the molecule is COc1cc(N)ccc1NC(=O)CCCn1ccc(C)n1. The van der Waals surface area contributed by atoms with E-state index in [1.54, 1.807) is 25.3 Å². The van der Waals surface area contributed by atoms with Crippen molar-refractivity contribution in [2.75, 3.05) is 18.2 Å². The van der Waals surface area contributed by atoms with Crippen LogP contribution in [0.5, 0.6) is 5.75 Å². The highest BCUT2D eigenvalue weighted by Gasteiger charge is 2.08. The summed E-state index contributed by atoms with van der Waals surface area (Å²) < 4.78 is 7.03. The van der Waals surface area contributed by atoms with Crippen LogP contribution in [-0.4, -0.2) is 22.8 Å². The van der Waals surface area contributed by atoms with Gasteiger partial charge >= 0.3 is 0 Å². The molecule has 0 saturated carbocycles. The van der Waals surface area contributed by atoms with Crippen molar-refractivity contribution in [3.63, 3.8) is 0 Å². The molecule has 0 aliphatic carbocycles. The Morgan fingerprint density at radius 2 is 2.24 bits per heavy atom. The van der Waals surface area contributed by atoms with Crippen LogP contribution in [0.25, 0.3) is 0 Å². The number of ether oxygens (including phenoxy) is 1. The number of nitrogen functional groups attached to an aromatic ring is 1. The summed E-state index contributed by atoms with van der Waals surface area (Å²) in [4.78, 5) is 11.9. The molecule has 6 nitrogen and oxygen atoms in total. The van der Waals surface area contributed by atoms with Crippen LogP contribution in [0.15, 0.2) is 30.5 Å². The Morgan fingerprint density at radius 3 is 2.90 bits per heavy atom. The fourth-order valence-electron chi connectivity index (χ4n) is 2.01. The quantitative estimate of drug-likeness (QED) is 0.798. The number of hydrogen-bond acceptors (Lipinski definition) is 4. The lowest BCUT2D eigenvalue weighted by molar-refractivity contribution is -0.116. The standard InChI is InChI=1S/C15H20N4O2/c1-11-7-9-19(18-11)8-3-4-15(20)17-13-6-5-12(16)10-14(13)21-2/h5-7,9-10H,3-4,8,16H2,1-2H3,(H,17,20). The van der Waals surface area contributed by atoms with Crippen LogP contribution >= 0.6 is 0 Å². The Balaban J connectivity index is 1.84. The molecule has 2 rings (SSSR count). The van der Waals surface area contributed by atoms with Gasteiger partial charge in [0.1, 0.15) is 5.75 Å². The predicted molar refractivity (Wildman–Crippen MR) is 82.2 cm³/mol. The number of hydrogen-bond donors (Lipinski definition) is 2. The smallest absolute Gasteiger partial charge is 0.224 e. The summed E-state index contributed by atoms with van der Waals surface area (Å²) in [6.45, 7) is 2.66. The summed E-state index contributed by atoms with van der Waals surface area (Å²) in [5.41, 5.74) is 7.88. The molecular formula is C15H20N4O2. The topological polar surface area (TPSA) is 82.2 Å². The lowest BCUT2D eigenvalue weighted by Gasteiger charge is -2.10. The number of carbonyl (C=O) groups excluding carboxylic acids is 1. The van der Waals surface area contributed by atoms with Crippen LogP contribution in [0.1, 0.15) is 18.5 Å². The van der Waals surface area contributed by atoms with Crippen molar-refractivity contribution in [3.05, 3.63) is 36.2 Å². The maximum atomic E-state index is 11.9. The third-order valence-electron chi connectivity index (χ3n) is 3.06. The molecule has 112 valence electrons. The van der Waals surface area contributed by atoms with Gasteiger partial charge in [0.05, 0.1) is 18.5 Å². The van der Waals surface area contributed by atoms with E-state index in [2.05, 4.69) is 10.4 Å². The van der Waals surface area contributed by atoms with Crippen molar-refractivity contribution in [1.29, 1.82) is 0 Å². The van der Waals surface area contributed by atoms with Gasteiger partial charge in [-0.15, -0.1) is 0 Å². The lowest BCUT2D eigenvalue weighted by atomic mass is 10.2. The zero-order valence-electron chi connectivity index (χ0n) is 12.3. The summed E-state index contributed by atoms with van der Waals surface area (Å²) in [6.07, 6.45) is 3.06. The van der Waals surface area contributed by atoms with E-state index in [0.29, 0.717) is 23.5 Å². The molecule has 0 aliphatic heterocycles. The lowest BCUT2D eigenvalue weighted by Crippen LogP contribution is -2.13. The Hall–Kier alpha value is -2.50. The molecule has 1 aromatic carbocycles. The molecule has 0 bridgehead atoms. The molecule has 0 atom stereocenters. The monoisotopic (exact) mass is 288 g/mol. The molecule has 2 aromatic rings. The van der Waals surface area contributed by atoms with Crippen molar-refractivity contribution >= 4 is 17.3 Å². The highest BCUT2D eigenvalue weighted by molar-refractivity contribution is 5.92. The number of carbonyl (C=O) groups is 1. The minimum atomic E-state index is -0.0538. The molecule has 0 aliphatic rings. The van der Waals surface area contributed by atoms with E-state index in [1.165, 1.54) is 0 Å². The largest absolute Gasteiger partial charge is 0.494 e. The van der Waals surface area contributed by atoms with Crippen molar-refractivity contribution < 1.29 is 9.53 Å². The summed E-state index contributed by atoms with van der Waals surface area (Å²) in [5.74, 6) is 0.507. The molecule has 1 aromatic heterocycles. The number of nitrogens with two attached hydrogens (primary N) is 1. The Kier molecular flexibility index (Phi) is 4.81. The average molecular weight is 288 g/mol. The normalized spacial score (nSPS) is 10.4. The summed E-state index contributed by atoms with van der Waals surface area (Å²) in [5, 5.41) is 7.11. The van der Waals surface area contributed by atoms with Crippen LogP contribution in [0, 0.1) is 6.92 Å². The Bertz CT molecular complexity index is 622. The molecule has 3 N–H and O–H groups in total. The van der Waals surface area contributed by atoms with E-state index < -0.39 is 0 Å². The minimum Gasteiger partial charge on any atom is -0.494 e. The first-order valence-electron chi connectivity index (χ1n) is 6.82. The van der Waals surface area contributed by atoms with Crippen molar-refractivity contribution in [2.45, 2.75) is 26.3 Å². The van der Waals surface area contributed by atoms with Gasteiger partial charge in [0, 0.05) is 30.9 Å². The van der Waals surface area contributed by atoms with E-state index in [-0.39, 0.29) is 5.91 Å². The van der Waals surface area contributed by atoms with E-state index >= 15 is 0 Å². The van der Waals surface area contributed by atoms with E-state index in [9.17, 15) is 4.79 Å². The predicted octanol–water partition coefficient (Wildman–Crippen LogP) is 2.20.